The molecule has 2 unspecified atom stereocenters. The van der Waals surface area contributed by atoms with E-state index in [4.69, 9.17) is 0 Å². The number of carbonyl (C=O) groups excluding carboxylic acids is 1. The lowest BCUT2D eigenvalue weighted by Crippen LogP contribution is -2.29. The maximum absolute atomic E-state index is 11.1. The second-order valence-corrected chi connectivity index (χ2v) is 3.98. The van der Waals surface area contributed by atoms with E-state index in [9.17, 15) is 25.1 Å². The van der Waals surface area contributed by atoms with Crippen molar-refractivity contribution < 1.29 is 24.7 Å². The molecule has 1 aromatic heterocycles. The first kappa shape index (κ1) is 13.5. The molecule has 1 rings (SSSR count). The van der Waals surface area contributed by atoms with Gasteiger partial charge in [0.25, 0.3) is 0 Å². The third kappa shape index (κ3) is 3.19. The van der Waals surface area contributed by atoms with Crippen LogP contribution in [0.2, 0.25) is 0 Å². The summed E-state index contributed by atoms with van der Waals surface area (Å²) in [5.74, 6) is -1.00. The molecule has 0 aromatic carbocycles. The van der Waals surface area contributed by atoms with Crippen LogP contribution in [0.25, 0.3) is 0 Å². The third-order valence-corrected chi connectivity index (χ3v) is 2.79. The summed E-state index contributed by atoms with van der Waals surface area (Å²) in [4.78, 5) is 24.4. The Balaban J connectivity index is 2.77. The van der Waals surface area contributed by atoms with Gasteiger partial charge in [-0.3, -0.25) is 10.1 Å². The summed E-state index contributed by atoms with van der Waals surface area (Å²) in [6.45, 7) is 1.60. The van der Waals surface area contributed by atoms with Crippen molar-refractivity contribution in [1.82, 2.24) is 4.98 Å². The first-order chi connectivity index (χ1) is 7.97. The Kier molecular flexibility index (Phi) is 4.49. The van der Waals surface area contributed by atoms with Crippen molar-refractivity contribution in [3.63, 3.8) is 0 Å². The van der Waals surface area contributed by atoms with Gasteiger partial charge >= 0.3 is 11.0 Å². The molecule has 8 nitrogen and oxygen atoms in total. The maximum atomic E-state index is 11.1. The Morgan fingerprint density at radius 2 is 2.35 bits per heavy atom. The number of nitrogens with zero attached hydrogens (tertiary/aromatic N) is 2. The molecule has 9 heteroatoms. The SMILES string of the molecule is CCOC(=O)C(O)C(O)c1ncc([N+](=O)[O-])s1. The van der Waals surface area contributed by atoms with Gasteiger partial charge in [-0.25, -0.2) is 9.78 Å². The lowest BCUT2D eigenvalue weighted by atomic mass is 10.2. The Morgan fingerprint density at radius 1 is 1.71 bits per heavy atom. The molecule has 1 heterocycles. The fourth-order valence-electron chi connectivity index (χ4n) is 0.991. The standard InChI is InChI=1S/C8H10N2O6S/c1-2-16-8(13)6(12)5(11)7-9-3-4(17-7)10(14)15/h3,5-6,11-12H,2H2,1H3. The van der Waals surface area contributed by atoms with Crippen LogP contribution < -0.4 is 0 Å². The van der Waals surface area contributed by atoms with Crippen molar-refractivity contribution in [2.45, 2.75) is 19.1 Å². The molecule has 0 fully saturated rings. The van der Waals surface area contributed by atoms with Crippen LogP contribution in [0.15, 0.2) is 6.20 Å². The van der Waals surface area contributed by atoms with Gasteiger partial charge in [0.05, 0.1) is 11.5 Å². The van der Waals surface area contributed by atoms with E-state index in [-0.39, 0.29) is 16.6 Å². The number of nitro groups is 1. The number of ether oxygens (including phenoxy) is 1. The summed E-state index contributed by atoms with van der Waals surface area (Å²) in [7, 11) is 0. The van der Waals surface area contributed by atoms with Gasteiger partial charge in [0, 0.05) is 0 Å². The average molecular weight is 262 g/mol. The number of hydrogen-bond donors (Lipinski definition) is 2. The maximum Gasteiger partial charge on any atom is 0.344 e. The molecule has 17 heavy (non-hydrogen) atoms. The first-order valence-corrected chi connectivity index (χ1v) is 5.42. The number of hydrogen-bond acceptors (Lipinski definition) is 8. The van der Waals surface area contributed by atoms with Crippen molar-refractivity contribution in [3.05, 3.63) is 21.3 Å². The van der Waals surface area contributed by atoms with Crippen LogP contribution in [0.5, 0.6) is 0 Å². The summed E-state index contributed by atoms with van der Waals surface area (Å²) >= 11 is 0.585. The zero-order chi connectivity index (χ0) is 13.0. The lowest BCUT2D eigenvalue weighted by Gasteiger charge is -2.13. The number of carbonyl (C=O) groups is 1. The van der Waals surface area contributed by atoms with Crippen LogP contribution in [0.4, 0.5) is 5.00 Å². The van der Waals surface area contributed by atoms with E-state index in [1.54, 1.807) is 6.92 Å². The molecule has 0 aliphatic heterocycles. The highest BCUT2D eigenvalue weighted by Crippen LogP contribution is 2.27. The highest BCUT2D eigenvalue weighted by molar-refractivity contribution is 7.14. The largest absolute Gasteiger partial charge is 0.464 e. The zero-order valence-electron chi connectivity index (χ0n) is 8.77. The van der Waals surface area contributed by atoms with Crippen LogP contribution >= 0.6 is 11.3 Å². The highest BCUT2D eigenvalue weighted by Gasteiger charge is 2.30. The Labute approximate surface area is 99.6 Å². The van der Waals surface area contributed by atoms with Crippen LogP contribution in [0.3, 0.4) is 0 Å². The summed E-state index contributed by atoms with van der Waals surface area (Å²) in [5, 5.41) is 28.9. The zero-order valence-corrected chi connectivity index (χ0v) is 9.59. The molecule has 0 saturated carbocycles. The van der Waals surface area contributed by atoms with E-state index < -0.39 is 23.1 Å². The minimum absolute atomic E-state index is 0.0562. The molecular weight excluding hydrogens is 252 g/mol. The predicted octanol–water partition coefficient (Wildman–Crippen LogP) is 0.00870. The van der Waals surface area contributed by atoms with Crippen molar-refractivity contribution in [1.29, 1.82) is 0 Å². The van der Waals surface area contributed by atoms with Crippen LogP contribution in [-0.2, 0) is 9.53 Å². The quantitative estimate of drug-likeness (QED) is 0.435. The minimum Gasteiger partial charge on any atom is -0.464 e. The van der Waals surface area contributed by atoms with Gasteiger partial charge in [-0.2, -0.15) is 0 Å². The lowest BCUT2D eigenvalue weighted by molar-refractivity contribution is -0.380. The normalized spacial score (nSPS) is 14.1. The number of rotatable bonds is 5. The number of thiazole rings is 1. The molecule has 2 atom stereocenters. The number of aliphatic hydroxyl groups is 2. The molecule has 0 spiro atoms. The Hall–Kier alpha value is -1.58. The average Bonchev–Trinajstić information content (AvgIpc) is 2.76. The van der Waals surface area contributed by atoms with Gasteiger partial charge in [-0.05, 0) is 18.3 Å². The fourth-order valence-corrected chi connectivity index (χ4v) is 1.74. The van der Waals surface area contributed by atoms with Gasteiger partial charge < -0.3 is 14.9 Å². The van der Waals surface area contributed by atoms with Gasteiger partial charge in [0.2, 0.25) is 0 Å². The molecule has 0 radical (unpaired) electrons. The molecule has 94 valence electrons. The second kappa shape index (κ2) is 5.66. The summed E-state index contributed by atoms with van der Waals surface area (Å²) in [6.07, 6.45) is -2.49. The Bertz CT molecular complexity index is 420. The molecule has 1 aromatic rings. The van der Waals surface area contributed by atoms with E-state index in [0.29, 0.717) is 11.3 Å². The molecule has 0 aliphatic rings. The smallest absolute Gasteiger partial charge is 0.344 e. The van der Waals surface area contributed by atoms with Crippen LogP contribution in [-0.4, -0.2) is 38.8 Å². The van der Waals surface area contributed by atoms with E-state index in [2.05, 4.69) is 9.72 Å². The highest BCUT2D eigenvalue weighted by atomic mass is 32.1. The second-order valence-electron chi connectivity index (χ2n) is 2.94. The predicted molar refractivity (Wildman–Crippen MR) is 56.4 cm³/mol. The van der Waals surface area contributed by atoms with Crippen molar-refractivity contribution in [2.24, 2.45) is 0 Å². The van der Waals surface area contributed by atoms with Gasteiger partial charge in [-0.15, -0.1) is 0 Å². The molecule has 0 bridgehead atoms. The van der Waals surface area contributed by atoms with Gasteiger partial charge in [0.1, 0.15) is 17.3 Å². The topological polar surface area (TPSA) is 123 Å². The van der Waals surface area contributed by atoms with Crippen molar-refractivity contribution in [2.75, 3.05) is 6.61 Å². The molecular formula is C8H10N2O6S. The number of aromatic nitrogens is 1. The van der Waals surface area contributed by atoms with E-state index in [0.717, 1.165) is 6.20 Å². The summed E-state index contributed by atoms with van der Waals surface area (Å²) < 4.78 is 4.49. The van der Waals surface area contributed by atoms with E-state index >= 15 is 0 Å². The number of esters is 1. The monoisotopic (exact) mass is 262 g/mol. The molecule has 0 amide bonds. The van der Waals surface area contributed by atoms with Gasteiger partial charge in [-0.1, -0.05) is 0 Å². The van der Waals surface area contributed by atoms with E-state index in [1.165, 1.54) is 0 Å². The molecule has 0 saturated heterocycles. The first-order valence-electron chi connectivity index (χ1n) is 4.60. The molecule has 2 N–H and O–H groups in total. The summed E-state index contributed by atoms with van der Waals surface area (Å²) in [5.41, 5.74) is 0. The summed E-state index contributed by atoms with van der Waals surface area (Å²) in [6, 6.07) is 0. The van der Waals surface area contributed by atoms with Crippen molar-refractivity contribution in [3.8, 4) is 0 Å². The van der Waals surface area contributed by atoms with E-state index in [1.807, 2.05) is 0 Å². The third-order valence-electron chi connectivity index (χ3n) is 1.77. The Morgan fingerprint density at radius 3 is 2.82 bits per heavy atom. The van der Waals surface area contributed by atoms with Crippen LogP contribution in [0, 0.1) is 10.1 Å². The fraction of sp³-hybridized carbons (Fsp3) is 0.500. The van der Waals surface area contributed by atoms with Gasteiger partial charge in [0.15, 0.2) is 6.10 Å². The number of aliphatic hydroxyl groups excluding tert-OH is 2. The minimum atomic E-state index is -1.80. The van der Waals surface area contributed by atoms with Crippen molar-refractivity contribution >= 4 is 22.3 Å². The van der Waals surface area contributed by atoms with Crippen LogP contribution in [0.1, 0.15) is 18.0 Å². The molecule has 0 aliphatic carbocycles.